The zero-order valence-corrected chi connectivity index (χ0v) is 36.1. The molecule has 1 amide bonds. The van der Waals surface area contributed by atoms with Crippen LogP contribution in [0.2, 0.25) is 0 Å². The molecule has 8 nitrogen and oxygen atoms in total. The third-order valence-electron chi connectivity index (χ3n) is 10.5. The van der Waals surface area contributed by atoms with Crippen molar-refractivity contribution in [3.63, 3.8) is 0 Å². The van der Waals surface area contributed by atoms with Crippen LogP contribution in [0.5, 0.6) is 0 Å². The quantitative estimate of drug-likeness (QED) is 0.0493. The zero-order valence-electron chi connectivity index (χ0n) is 36.1. The molecule has 0 unspecified atom stereocenters. The van der Waals surface area contributed by atoms with Crippen LogP contribution in [0, 0.1) is 0 Å². The number of methoxy groups -OCH3 is 1. The Morgan fingerprint density at radius 1 is 0.509 bits per heavy atom. The molecule has 0 heterocycles. The van der Waals surface area contributed by atoms with Crippen molar-refractivity contribution in [2.45, 2.75) is 245 Å². The van der Waals surface area contributed by atoms with E-state index in [9.17, 15) is 14.4 Å². The summed E-state index contributed by atoms with van der Waals surface area (Å²) < 4.78 is 22.6. The summed E-state index contributed by atoms with van der Waals surface area (Å²) in [6.07, 6.45) is 33.7. The molecule has 0 aromatic carbocycles. The molecule has 0 rings (SSSR count). The number of carbonyl (C=O) groups is 3. The molecule has 0 saturated heterocycles. The van der Waals surface area contributed by atoms with E-state index in [4.69, 9.17) is 18.9 Å². The molecule has 0 aromatic rings. The van der Waals surface area contributed by atoms with E-state index in [1.54, 1.807) is 21.0 Å². The summed E-state index contributed by atoms with van der Waals surface area (Å²) in [5.74, 6) is -0.927. The number of carbonyl (C=O) groups excluding carboxylic acids is 3. The van der Waals surface area contributed by atoms with Gasteiger partial charge in [-0.3, -0.25) is 14.4 Å². The second-order valence-electron chi connectivity index (χ2n) is 16.6. The topological polar surface area (TPSA) is 100 Å². The Labute approximate surface area is 327 Å². The van der Waals surface area contributed by atoms with Gasteiger partial charge in [0.25, 0.3) is 5.91 Å². The molecule has 53 heavy (non-hydrogen) atoms. The minimum Gasteiger partial charge on any atom is -0.463 e. The number of hydrogen-bond acceptors (Lipinski definition) is 7. The van der Waals surface area contributed by atoms with Gasteiger partial charge in [-0.2, -0.15) is 0 Å². The molecule has 0 aromatic heterocycles. The maximum absolute atomic E-state index is 13.3. The van der Waals surface area contributed by atoms with Crippen molar-refractivity contribution in [3.8, 4) is 0 Å². The molecule has 0 bridgehead atoms. The molecule has 0 aliphatic heterocycles. The molecule has 0 atom stereocenters. The van der Waals surface area contributed by atoms with Crippen molar-refractivity contribution in [2.75, 3.05) is 26.9 Å². The predicted molar refractivity (Wildman–Crippen MR) is 220 cm³/mol. The Morgan fingerprint density at radius 3 is 1.15 bits per heavy atom. The van der Waals surface area contributed by atoms with Gasteiger partial charge in [0.15, 0.2) is 0 Å². The maximum atomic E-state index is 13.3. The van der Waals surface area contributed by atoms with E-state index in [-0.39, 0.29) is 36.7 Å². The number of rotatable bonds is 39. The van der Waals surface area contributed by atoms with E-state index in [0.29, 0.717) is 25.9 Å². The Bertz CT molecular complexity index is 829. The lowest BCUT2D eigenvalue weighted by atomic mass is 10.0. The molecule has 0 radical (unpaired) electrons. The Morgan fingerprint density at radius 2 is 0.830 bits per heavy atom. The van der Waals surface area contributed by atoms with Crippen molar-refractivity contribution in [1.82, 2.24) is 5.32 Å². The first kappa shape index (κ1) is 51.3. The van der Waals surface area contributed by atoms with Crippen LogP contribution in [-0.4, -0.2) is 62.0 Å². The highest BCUT2D eigenvalue weighted by Gasteiger charge is 2.32. The first-order valence-corrected chi connectivity index (χ1v) is 22.3. The summed E-state index contributed by atoms with van der Waals surface area (Å²) in [6, 6.07) is -0.660. The lowest BCUT2D eigenvalue weighted by molar-refractivity contribution is -0.153. The summed E-state index contributed by atoms with van der Waals surface area (Å²) >= 11 is 0. The Kier molecular flexibility index (Phi) is 33.7. The number of hydrogen-bond donors (Lipinski definition) is 1. The molecule has 0 aliphatic rings. The van der Waals surface area contributed by atoms with E-state index < -0.39 is 11.6 Å². The van der Waals surface area contributed by atoms with Crippen molar-refractivity contribution < 1.29 is 33.3 Å². The third-order valence-corrected chi connectivity index (χ3v) is 10.5. The standard InChI is InChI=1S/C45H87NO7/c1-8-10-12-14-16-18-20-22-24-26-28-30-32-34-41(47)51-38-40(46-43(49)45(5,6)53-37-36-44(3,4)50-7)39-52-42(48)35-33-31-29-27-25-23-21-19-17-15-13-11-9-2/h40H,8-39H2,1-7H3,(H,46,49). The van der Waals surface area contributed by atoms with Crippen LogP contribution < -0.4 is 5.32 Å². The normalized spacial score (nSPS) is 12.0. The van der Waals surface area contributed by atoms with Crippen LogP contribution >= 0.6 is 0 Å². The first-order chi connectivity index (χ1) is 25.5. The van der Waals surface area contributed by atoms with Gasteiger partial charge in [-0.25, -0.2) is 0 Å². The number of ether oxygens (including phenoxy) is 4. The van der Waals surface area contributed by atoms with Crippen molar-refractivity contribution in [2.24, 2.45) is 0 Å². The molecule has 0 fully saturated rings. The number of esters is 2. The van der Waals surface area contributed by atoms with Crippen LogP contribution in [0.4, 0.5) is 0 Å². The summed E-state index contributed by atoms with van der Waals surface area (Å²) in [4.78, 5) is 38.5. The molecule has 0 aliphatic carbocycles. The third kappa shape index (κ3) is 33.4. The van der Waals surface area contributed by atoms with Gasteiger partial charge in [-0.1, -0.05) is 168 Å². The van der Waals surface area contributed by atoms with Gasteiger partial charge in [0.1, 0.15) is 18.8 Å². The summed E-state index contributed by atoms with van der Waals surface area (Å²) in [5, 5.41) is 2.91. The Hall–Kier alpha value is -1.67. The van der Waals surface area contributed by atoms with E-state index in [0.717, 1.165) is 38.5 Å². The Balaban J connectivity index is 4.53. The number of nitrogens with one attached hydrogen (secondary N) is 1. The van der Waals surface area contributed by atoms with Crippen LogP contribution in [0.3, 0.4) is 0 Å². The van der Waals surface area contributed by atoms with Gasteiger partial charge in [-0.15, -0.1) is 0 Å². The summed E-state index contributed by atoms with van der Waals surface area (Å²) in [7, 11) is 1.66. The maximum Gasteiger partial charge on any atom is 0.305 e. The molecular formula is C45H87NO7. The highest BCUT2D eigenvalue weighted by atomic mass is 16.5. The molecule has 0 saturated carbocycles. The minimum atomic E-state index is -1.13. The van der Waals surface area contributed by atoms with Crippen molar-refractivity contribution >= 4 is 17.8 Å². The second kappa shape index (κ2) is 34.8. The van der Waals surface area contributed by atoms with Gasteiger partial charge in [0.2, 0.25) is 0 Å². The fourth-order valence-corrected chi connectivity index (χ4v) is 6.32. The fourth-order valence-electron chi connectivity index (χ4n) is 6.32. The van der Waals surface area contributed by atoms with Crippen LogP contribution in [-0.2, 0) is 33.3 Å². The van der Waals surface area contributed by atoms with Crippen molar-refractivity contribution in [1.29, 1.82) is 0 Å². The van der Waals surface area contributed by atoms with E-state index in [1.165, 1.54) is 128 Å². The van der Waals surface area contributed by atoms with E-state index in [2.05, 4.69) is 19.2 Å². The highest BCUT2D eigenvalue weighted by molar-refractivity contribution is 5.84. The largest absolute Gasteiger partial charge is 0.463 e. The first-order valence-electron chi connectivity index (χ1n) is 22.3. The molecule has 1 N–H and O–H groups in total. The van der Waals surface area contributed by atoms with E-state index in [1.807, 2.05) is 13.8 Å². The van der Waals surface area contributed by atoms with Crippen molar-refractivity contribution in [3.05, 3.63) is 0 Å². The summed E-state index contributed by atoms with van der Waals surface area (Å²) in [6.45, 7) is 12.1. The zero-order chi connectivity index (χ0) is 39.5. The predicted octanol–water partition coefficient (Wildman–Crippen LogP) is 12.1. The minimum absolute atomic E-state index is 0.0537. The monoisotopic (exact) mass is 754 g/mol. The summed E-state index contributed by atoms with van der Waals surface area (Å²) in [5.41, 5.74) is -1.49. The van der Waals surface area contributed by atoms with Crippen LogP contribution in [0.1, 0.15) is 228 Å². The number of unbranched alkanes of at least 4 members (excludes halogenated alkanes) is 24. The molecule has 8 heteroatoms. The van der Waals surface area contributed by atoms with Gasteiger partial charge < -0.3 is 24.3 Å². The molecule has 314 valence electrons. The van der Waals surface area contributed by atoms with E-state index >= 15 is 0 Å². The average Bonchev–Trinajstić information content (AvgIpc) is 3.13. The van der Waals surface area contributed by atoms with Gasteiger partial charge in [-0.05, 0) is 47.0 Å². The lowest BCUT2D eigenvalue weighted by Gasteiger charge is -2.29. The average molecular weight is 754 g/mol. The smallest absolute Gasteiger partial charge is 0.305 e. The van der Waals surface area contributed by atoms with Crippen LogP contribution in [0.25, 0.3) is 0 Å². The highest BCUT2D eigenvalue weighted by Crippen LogP contribution is 2.18. The SMILES string of the molecule is CCCCCCCCCCCCCCCC(=O)OCC(COC(=O)CCCCCCCCCCCCCCC)NC(=O)C(C)(C)OCCC(C)(C)OC. The van der Waals surface area contributed by atoms with Crippen LogP contribution in [0.15, 0.2) is 0 Å². The number of amides is 1. The molecule has 0 spiro atoms. The fraction of sp³-hybridized carbons (Fsp3) is 0.933. The van der Waals surface area contributed by atoms with Gasteiger partial charge >= 0.3 is 11.9 Å². The molecular weight excluding hydrogens is 666 g/mol. The van der Waals surface area contributed by atoms with Gasteiger partial charge in [0, 0.05) is 20.0 Å². The van der Waals surface area contributed by atoms with Gasteiger partial charge in [0.05, 0.1) is 18.2 Å². The lowest BCUT2D eigenvalue weighted by Crippen LogP contribution is -2.51. The second-order valence-corrected chi connectivity index (χ2v) is 16.6.